The minimum absolute atomic E-state index is 0.211. The Hall–Kier alpha value is -1.87. The molecule has 2 rings (SSSR count). The third kappa shape index (κ3) is 5.02. The predicted molar refractivity (Wildman–Crippen MR) is 81.9 cm³/mol. The second-order valence-corrected chi connectivity index (χ2v) is 5.06. The molecule has 0 aliphatic carbocycles. The smallest absolute Gasteiger partial charge is 0.120 e. The van der Waals surface area contributed by atoms with Crippen molar-refractivity contribution in [3.05, 3.63) is 59.9 Å². The molecule has 0 radical (unpaired) electrons. The molecular weight excluding hydrogens is 248 g/mol. The Labute approximate surface area is 121 Å². The zero-order chi connectivity index (χ0) is 14.2. The van der Waals surface area contributed by atoms with Crippen molar-refractivity contribution in [2.75, 3.05) is 6.54 Å². The van der Waals surface area contributed by atoms with E-state index in [1.165, 1.54) is 5.56 Å². The first-order chi connectivity index (χ1) is 9.74. The maximum atomic E-state index is 5.69. The molecule has 0 aliphatic heterocycles. The van der Waals surface area contributed by atoms with E-state index in [2.05, 4.69) is 28.5 Å². The van der Waals surface area contributed by atoms with Gasteiger partial charge >= 0.3 is 0 Å². The van der Waals surface area contributed by atoms with E-state index >= 15 is 0 Å². The van der Waals surface area contributed by atoms with Crippen LogP contribution in [0.25, 0.3) is 0 Å². The van der Waals surface area contributed by atoms with Crippen LogP contribution in [0.5, 0.6) is 5.75 Å². The summed E-state index contributed by atoms with van der Waals surface area (Å²) in [7, 11) is 0. The lowest BCUT2D eigenvalue weighted by Crippen LogP contribution is -2.17. The van der Waals surface area contributed by atoms with Gasteiger partial charge in [0.25, 0.3) is 0 Å². The summed E-state index contributed by atoms with van der Waals surface area (Å²) in [5.74, 6) is 0.934. The third-order valence-electron chi connectivity index (χ3n) is 2.88. The molecule has 1 aromatic carbocycles. The molecule has 0 saturated heterocycles. The first kappa shape index (κ1) is 14.5. The van der Waals surface area contributed by atoms with Crippen LogP contribution in [0.2, 0.25) is 0 Å². The molecule has 0 aliphatic rings. The molecule has 0 bridgehead atoms. The number of ether oxygens (including phenoxy) is 1. The average Bonchev–Trinajstić information content (AvgIpc) is 2.44. The normalized spacial score (nSPS) is 10.8. The number of benzene rings is 1. The van der Waals surface area contributed by atoms with Gasteiger partial charge in [0.15, 0.2) is 0 Å². The molecule has 106 valence electrons. The standard InChI is InChI=1S/C17H22N2O/c1-14(2)20-17-8-5-6-15(12-17)13-18-11-9-16-7-3-4-10-19-16/h3-8,10,12,14,18H,9,11,13H2,1-2H3. The van der Waals surface area contributed by atoms with Gasteiger partial charge in [0.05, 0.1) is 6.10 Å². The molecule has 1 N–H and O–H groups in total. The van der Waals surface area contributed by atoms with Gasteiger partial charge in [-0.3, -0.25) is 4.98 Å². The Morgan fingerprint density at radius 2 is 2.05 bits per heavy atom. The molecule has 0 spiro atoms. The Bertz CT molecular complexity index is 511. The largest absolute Gasteiger partial charge is 0.491 e. The van der Waals surface area contributed by atoms with Crippen molar-refractivity contribution in [3.8, 4) is 5.75 Å². The van der Waals surface area contributed by atoms with E-state index < -0.39 is 0 Å². The molecule has 0 unspecified atom stereocenters. The first-order valence-corrected chi connectivity index (χ1v) is 7.10. The van der Waals surface area contributed by atoms with E-state index in [1.807, 2.05) is 44.3 Å². The summed E-state index contributed by atoms with van der Waals surface area (Å²) >= 11 is 0. The summed E-state index contributed by atoms with van der Waals surface area (Å²) in [6, 6.07) is 14.3. The average molecular weight is 270 g/mol. The number of nitrogens with zero attached hydrogens (tertiary/aromatic N) is 1. The maximum Gasteiger partial charge on any atom is 0.120 e. The molecule has 1 aromatic heterocycles. The molecule has 20 heavy (non-hydrogen) atoms. The Kier molecular flexibility index (Phi) is 5.56. The zero-order valence-electron chi connectivity index (χ0n) is 12.2. The van der Waals surface area contributed by atoms with Crippen LogP contribution in [-0.4, -0.2) is 17.6 Å². The summed E-state index contributed by atoms with van der Waals surface area (Å²) in [6.07, 6.45) is 2.99. The minimum atomic E-state index is 0.211. The maximum absolute atomic E-state index is 5.69. The molecule has 0 saturated carbocycles. The second kappa shape index (κ2) is 7.65. The van der Waals surface area contributed by atoms with E-state index in [9.17, 15) is 0 Å². The topological polar surface area (TPSA) is 34.1 Å². The van der Waals surface area contributed by atoms with E-state index in [1.54, 1.807) is 0 Å². The fraction of sp³-hybridized carbons (Fsp3) is 0.353. The van der Waals surface area contributed by atoms with Crippen LogP contribution in [0.3, 0.4) is 0 Å². The monoisotopic (exact) mass is 270 g/mol. The molecule has 3 heteroatoms. The van der Waals surface area contributed by atoms with Crippen molar-refractivity contribution >= 4 is 0 Å². The summed E-state index contributed by atoms with van der Waals surface area (Å²) in [6.45, 7) is 5.85. The lowest BCUT2D eigenvalue weighted by atomic mass is 10.2. The molecule has 0 atom stereocenters. The second-order valence-electron chi connectivity index (χ2n) is 5.06. The summed E-state index contributed by atoms with van der Waals surface area (Å²) in [4.78, 5) is 4.31. The van der Waals surface area contributed by atoms with E-state index in [-0.39, 0.29) is 6.10 Å². The van der Waals surface area contributed by atoms with Gasteiger partial charge in [-0.2, -0.15) is 0 Å². The highest BCUT2D eigenvalue weighted by Crippen LogP contribution is 2.14. The van der Waals surface area contributed by atoms with Gasteiger partial charge in [-0.05, 0) is 43.7 Å². The molecule has 2 aromatic rings. The minimum Gasteiger partial charge on any atom is -0.491 e. The van der Waals surface area contributed by atoms with Gasteiger partial charge < -0.3 is 10.1 Å². The Morgan fingerprint density at radius 1 is 1.15 bits per heavy atom. The highest BCUT2D eigenvalue weighted by molar-refractivity contribution is 5.28. The van der Waals surface area contributed by atoms with Crippen LogP contribution >= 0.6 is 0 Å². The van der Waals surface area contributed by atoms with Crippen LogP contribution in [0.15, 0.2) is 48.7 Å². The van der Waals surface area contributed by atoms with Crippen molar-refractivity contribution in [3.63, 3.8) is 0 Å². The van der Waals surface area contributed by atoms with Crippen molar-refractivity contribution in [1.29, 1.82) is 0 Å². The van der Waals surface area contributed by atoms with E-state index in [4.69, 9.17) is 4.74 Å². The summed E-state index contributed by atoms with van der Waals surface area (Å²) < 4.78 is 5.69. The van der Waals surface area contributed by atoms with Gasteiger partial charge in [0.1, 0.15) is 5.75 Å². The van der Waals surface area contributed by atoms with Crippen molar-refractivity contribution in [2.45, 2.75) is 32.9 Å². The molecule has 3 nitrogen and oxygen atoms in total. The SMILES string of the molecule is CC(C)Oc1cccc(CNCCc2ccccn2)c1. The van der Waals surface area contributed by atoms with E-state index in [0.29, 0.717) is 0 Å². The number of pyridine rings is 1. The highest BCUT2D eigenvalue weighted by atomic mass is 16.5. The summed E-state index contributed by atoms with van der Waals surface area (Å²) in [5.41, 5.74) is 2.36. The molecular formula is C17H22N2O. The van der Waals surface area contributed by atoms with Gasteiger partial charge in [-0.25, -0.2) is 0 Å². The van der Waals surface area contributed by atoms with Gasteiger partial charge in [0, 0.05) is 31.4 Å². The van der Waals surface area contributed by atoms with Crippen LogP contribution in [-0.2, 0) is 13.0 Å². The molecule has 0 fully saturated rings. The Morgan fingerprint density at radius 3 is 2.80 bits per heavy atom. The number of aromatic nitrogens is 1. The number of rotatable bonds is 7. The lowest BCUT2D eigenvalue weighted by molar-refractivity contribution is 0.242. The zero-order valence-corrected chi connectivity index (χ0v) is 12.2. The van der Waals surface area contributed by atoms with Crippen molar-refractivity contribution in [2.24, 2.45) is 0 Å². The van der Waals surface area contributed by atoms with Crippen LogP contribution in [0.4, 0.5) is 0 Å². The highest BCUT2D eigenvalue weighted by Gasteiger charge is 1.99. The quantitative estimate of drug-likeness (QED) is 0.785. The molecule has 0 amide bonds. The van der Waals surface area contributed by atoms with Gasteiger partial charge in [-0.15, -0.1) is 0 Å². The van der Waals surface area contributed by atoms with Crippen LogP contribution < -0.4 is 10.1 Å². The van der Waals surface area contributed by atoms with Crippen LogP contribution in [0.1, 0.15) is 25.1 Å². The number of hydrogen-bond donors (Lipinski definition) is 1. The number of hydrogen-bond acceptors (Lipinski definition) is 3. The fourth-order valence-electron chi connectivity index (χ4n) is 2.00. The van der Waals surface area contributed by atoms with Gasteiger partial charge in [-0.1, -0.05) is 18.2 Å². The first-order valence-electron chi connectivity index (χ1n) is 7.10. The third-order valence-corrected chi connectivity index (χ3v) is 2.88. The fourth-order valence-corrected chi connectivity index (χ4v) is 2.00. The lowest BCUT2D eigenvalue weighted by Gasteiger charge is -2.11. The molecule has 1 heterocycles. The van der Waals surface area contributed by atoms with Crippen molar-refractivity contribution < 1.29 is 4.74 Å². The van der Waals surface area contributed by atoms with Crippen molar-refractivity contribution in [1.82, 2.24) is 10.3 Å². The van der Waals surface area contributed by atoms with Crippen LogP contribution in [0, 0.1) is 0 Å². The predicted octanol–water partition coefficient (Wildman–Crippen LogP) is 3.20. The van der Waals surface area contributed by atoms with E-state index in [0.717, 1.165) is 31.0 Å². The Balaban J connectivity index is 1.76. The summed E-state index contributed by atoms with van der Waals surface area (Å²) in [5, 5.41) is 3.44. The van der Waals surface area contributed by atoms with Gasteiger partial charge in [0.2, 0.25) is 0 Å². The number of nitrogens with one attached hydrogen (secondary N) is 1.